The maximum Gasteiger partial charge on any atom is 0.417 e. The molecule has 0 aliphatic rings. The molecule has 2 unspecified atom stereocenters. The molecule has 2 rings (SSSR count). The van der Waals surface area contributed by atoms with Crippen LogP contribution in [0.2, 0.25) is 15.1 Å². The van der Waals surface area contributed by atoms with E-state index in [4.69, 9.17) is 34.8 Å². The summed E-state index contributed by atoms with van der Waals surface area (Å²) in [6, 6.07) is 3.07. The van der Waals surface area contributed by atoms with Crippen LogP contribution >= 0.6 is 34.8 Å². The van der Waals surface area contributed by atoms with Gasteiger partial charge in [-0.3, -0.25) is 9.00 Å². The van der Waals surface area contributed by atoms with Crippen molar-refractivity contribution in [3.8, 4) is 0 Å². The average molecular weight is 648 g/mol. The predicted molar refractivity (Wildman–Crippen MR) is 133 cm³/mol. The second-order valence-electron chi connectivity index (χ2n) is 8.49. The smallest absolute Gasteiger partial charge is 0.294 e. The van der Waals surface area contributed by atoms with Gasteiger partial charge in [0.25, 0.3) is 0 Å². The minimum absolute atomic E-state index is 0.0350. The minimum atomic E-state index is -5.20. The topological polar surface area (TPSA) is 34.1 Å². The summed E-state index contributed by atoms with van der Waals surface area (Å²) >= 11 is 17.3. The Balaban J connectivity index is 2.45. The van der Waals surface area contributed by atoms with Gasteiger partial charge in [-0.25, -0.2) is 13.2 Å². The van der Waals surface area contributed by atoms with Crippen LogP contribution in [0.15, 0.2) is 36.4 Å². The van der Waals surface area contributed by atoms with Gasteiger partial charge in [0, 0.05) is 34.1 Å². The third kappa shape index (κ3) is 9.40. The molecule has 0 aromatic heterocycles. The zero-order valence-electron chi connectivity index (χ0n) is 19.6. The quantitative estimate of drug-likeness (QED) is 0.146. The lowest BCUT2D eigenvalue weighted by molar-refractivity contribution is -0.140. The van der Waals surface area contributed by atoms with Crippen molar-refractivity contribution in [3.63, 3.8) is 0 Å². The Labute approximate surface area is 234 Å². The molecule has 216 valence electrons. The van der Waals surface area contributed by atoms with Crippen molar-refractivity contribution in [1.82, 2.24) is 0 Å². The van der Waals surface area contributed by atoms with E-state index in [2.05, 4.69) is 0 Å². The van der Waals surface area contributed by atoms with Gasteiger partial charge in [0.1, 0.15) is 11.7 Å². The van der Waals surface area contributed by atoms with Crippen molar-refractivity contribution in [2.75, 3.05) is 11.5 Å². The van der Waals surface area contributed by atoms with Crippen molar-refractivity contribution < 1.29 is 48.5 Å². The van der Waals surface area contributed by atoms with Crippen molar-refractivity contribution in [3.05, 3.63) is 73.7 Å². The van der Waals surface area contributed by atoms with Crippen LogP contribution < -0.4 is 0 Å². The van der Waals surface area contributed by atoms with E-state index in [1.165, 1.54) is 6.92 Å². The standard InChI is InChI=1S/C24H18Cl3F9O2S/c1-11(9-39(38)10-21(29)30)4-20(37)14-3-2-12(5-16(14)24(34,35)36)19(28)8-15(23(31,32)33)13-6-17(25)22(27)18(26)7-13/h2-3,5-8,11,15,21H,4,9-10H2,1H3/b19-8-/t11-,15?,39?/m0/s1. The van der Waals surface area contributed by atoms with E-state index in [1.807, 2.05) is 0 Å². The molecule has 0 amide bonds. The number of carbonyl (C=O) groups is 1. The molecule has 0 spiro atoms. The summed E-state index contributed by atoms with van der Waals surface area (Å²) in [5.74, 6) is -7.61. The van der Waals surface area contributed by atoms with Gasteiger partial charge in [-0.1, -0.05) is 53.9 Å². The van der Waals surface area contributed by atoms with E-state index in [-0.39, 0.29) is 33.0 Å². The third-order valence-corrected chi connectivity index (χ3v) is 8.01. The first-order valence-corrected chi connectivity index (χ1v) is 13.4. The zero-order chi connectivity index (χ0) is 29.9. The number of rotatable bonds is 10. The van der Waals surface area contributed by atoms with Crippen molar-refractivity contribution in [2.24, 2.45) is 5.92 Å². The van der Waals surface area contributed by atoms with Gasteiger partial charge in [0.05, 0.1) is 26.4 Å². The van der Waals surface area contributed by atoms with Crippen LogP contribution in [0.4, 0.5) is 39.5 Å². The molecule has 0 saturated heterocycles. The Kier molecular flexibility index (Phi) is 11.4. The lowest BCUT2D eigenvalue weighted by atomic mass is 9.93. The molecule has 0 N–H and O–H groups in total. The van der Waals surface area contributed by atoms with Crippen LogP contribution in [0.25, 0.3) is 5.83 Å². The van der Waals surface area contributed by atoms with Crippen LogP contribution in [0.3, 0.4) is 0 Å². The van der Waals surface area contributed by atoms with Gasteiger partial charge in [0.2, 0.25) is 6.43 Å². The van der Waals surface area contributed by atoms with Gasteiger partial charge in [-0.05, 0) is 35.8 Å². The molecule has 0 fully saturated rings. The summed E-state index contributed by atoms with van der Waals surface area (Å²) in [6.07, 6.45) is -13.7. The highest BCUT2D eigenvalue weighted by atomic mass is 35.5. The van der Waals surface area contributed by atoms with E-state index in [0.717, 1.165) is 12.1 Å². The first-order valence-electron chi connectivity index (χ1n) is 10.8. The number of hydrogen-bond acceptors (Lipinski definition) is 2. The summed E-state index contributed by atoms with van der Waals surface area (Å²) < 4.78 is 134. The van der Waals surface area contributed by atoms with E-state index in [0.29, 0.717) is 12.1 Å². The number of allylic oxidation sites excluding steroid dienone is 1. The van der Waals surface area contributed by atoms with Gasteiger partial charge in [-0.2, -0.15) is 26.3 Å². The Bertz CT molecular complexity index is 1240. The first-order chi connectivity index (χ1) is 17.8. The second kappa shape index (κ2) is 13.3. The molecule has 0 aliphatic carbocycles. The number of ketones is 1. The van der Waals surface area contributed by atoms with Crippen LogP contribution in [-0.4, -0.2) is 34.1 Å². The van der Waals surface area contributed by atoms with Gasteiger partial charge in [0.15, 0.2) is 5.78 Å². The van der Waals surface area contributed by atoms with Crippen molar-refractivity contribution in [1.29, 1.82) is 0 Å². The molecular weight excluding hydrogens is 630 g/mol. The fourth-order valence-corrected chi connectivity index (χ4v) is 5.34. The summed E-state index contributed by atoms with van der Waals surface area (Å²) in [5.41, 5.74) is -4.05. The fourth-order valence-electron chi connectivity index (χ4n) is 3.56. The highest BCUT2D eigenvalue weighted by Crippen LogP contribution is 2.43. The molecule has 2 nitrogen and oxygen atoms in total. The lowest BCUT2D eigenvalue weighted by Gasteiger charge is -2.19. The minimum Gasteiger partial charge on any atom is -0.294 e. The van der Waals surface area contributed by atoms with Crippen LogP contribution in [0.5, 0.6) is 0 Å². The van der Waals surface area contributed by atoms with Gasteiger partial charge < -0.3 is 0 Å². The molecule has 2 aromatic carbocycles. The average Bonchev–Trinajstić information content (AvgIpc) is 2.77. The number of benzene rings is 2. The Morgan fingerprint density at radius 3 is 2.03 bits per heavy atom. The molecular formula is C24H18Cl3F9O2S. The van der Waals surface area contributed by atoms with Crippen LogP contribution in [0, 0.1) is 5.92 Å². The molecule has 0 saturated carbocycles. The summed E-state index contributed by atoms with van der Waals surface area (Å²) in [6.45, 7) is 1.33. The molecule has 0 bridgehead atoms. The highest BCUT2D eigenvalue weighted by Gasteiger charge is 2.41. The number of halogens is 12. The van der Waals surface area contributed by atoms with Gasteiger partial charge >= 0.3 is 12.4 Å². The SMILES string of the molecule is C[C@@H](CC(=O)c1ccc(/C(F)=C/C(c2cc(Cl)c(Cl)c(Cl)c2)C(F)(F)F)cc1C(F)(F)F)CS(=O)CC(F)F. The van der Waals surface area contributed by atoms with E-state index >= 15 is 0 Å². The van der Waals surface area contributed by atoms with E-state index < -0.39 is 87.5 Å². The molecule has 15 heteroatoms. The highest BCUT2D eigenvalue weighted by molar-refractivity contribution is 7.85. The molecule has 3 atom stereocenters. The number of carbonyl (C=O) groups excluding carboxylic acids is 1. The van der Waals surface area contributed by atoms with Crippen molar-refractivity contribution >= 4 is 57.2 Å². The maximum atomic E-state index is 15.0. The molecule has 2 aromatic rings. The summed E-state index contributed by atoms with van der Waals surface area (Å²) in [7, 11) is -2.02. The lowest BCUT2D eigenvalue weighted by Crippen LogP contribution is -2.20. The normalized spacial score (nSPS) is 15.4. The maximum absolute atomic E-state index is 15.0. The summed E-state index contributed by atoms with van der Waals surface area (Å²) in [5, 5.41) is -0.981. The van der Waals surface area contributed by atoms with E-state index in [1.54, 1.807) is 0 Å². The monoisotopic (exact) mass is 646 g/mol. The molecule has 39 heavy (non-hydrogen) atoms. The Morgan fingerprint density at radius 1 is 0.974 bits per heavy atom. The summed E-state index contributed by atoms with van der Waals surface area (Å²) in [4.78, 5) is 12.6. The Morgan fingerprint density at radius 2 is 1.54 bits per heavy atom. The second-order valence-corrected chi connectivity index (χ2v) is 11.2. The van der Waals surface area contributed by atoms with E-state index in [9.17, 15) is 48.5 Å². The molecule has 0 radical (unpaired) electrons. The number of alkyl halides is 8. The fraction of sp³-hybridized carbons (Fsp3) is 0.375. The largest absolute Gasteiger partial charge is 0.417 e. The number of hydrogen-bond donors (Lipinski definition) is 0. The first kappa shape index (κ1) is 33.4. The zero-order valence-corrected chi connectivity index (χ0v) is 22.7. The van der Waals surface area contributed by atoms with Crippen LogP contribution in [0.1, 0.15) is 46.3 Å². The van der Waals surface area contributed by atoms with Gasteiger partial charge in [-0.15, -0.1) is 0 Å². The Hall–Kier alpha value is -1.76. The third-order valence-electron chi connectivity index (χ3n) is 5.25. The predicted octanol–water partition coefficient (Wildman–Crippen LogP) is 9.54. The van der Waals surface area contributed by atoms with Crippen LogP contribution in [-0.2, 0) is 17.0 Å². The molecule has 0 aliphatic heterocycles. The number of Topliss-reactive ketones (excluding diaryl/α,β-unsaturated/α-hetero) is 1. The molecule has 0 heterocycles. The van der Waals surface area contributed by atoms with Crippen molar-refractivity contribution in [2.45, 2.75) is 38.0 Å².